The normalized spacial score (nSPS) is 10.5. The molecule has 1 heterocycles. The average molecular weight is 259 g/mol. The van der Waals surface area contributed by atoms with Gasteiger partial charge in [-0.3, -0.25) is 0 Å². The van der Waals surface area contributed by atoms with Crippen LogP contribution >= 0.6 is 0 Å². The molecule has 1 N–H and O–H groups in total. The fourth-order valence-electron chi connectivity index (χ4n) is 2.20. The molecule has 0 aliphatic carbocycles. The van der Waals surface area contributed by atoms with Gasteiger partial charge in [0.2, 0.25) is 0 Å². The van der Waals surface area contributed by atoms with Crippen LogP contribution in [-0.2, 0) is 7.05 Å². The first kappa shape index (κ1) is 13.2. The lowest BCUT2D eigenvalue weighted by molar-refractivity contribution is 0.0696. The maximum atomic E-state index is 11.2. The molecule has 0 saturated heterocycles. The highest BCUT2D eigenvalue weighted by atomic mass is 16.5. The molecule has 2 aromatic rings. The molecule has 0 unspecified atom stereocenters. The van der Waals surface area contributed by atoms with Crippen molar-refractivity contribution < 1.29 is 14.6 Å². The van der Waals surface area contributed by atoms with Crippen molar-refractivity contribution in [3.8, 4) is 17.0 Å². The van der Waals surface area contributed by atoms with Crippen molar-refractivity contribution in [1.82, 2.24) is 4.57 Å². The van der Waals surface area contributed by atoms with E-state index in [0.717, 1.165) is 28.3 Å². The van der Waals surface area contributed by atoms with Crippen molar-refractivity contribution in [3.05, 3.63) is 41.1 Å². The van der Waals surface area contributed by atoms with Crippen LogP contribution in [0.15, 0.2) is 24.3 Å². The summed E-state index contributed by atoms with van der Waals surface area (Å²) in [6, 6.07) is 7.55. The Morgan fingerprint density at radius 1 is 1.26 bits per heavy atom. The van der Waals surface area contributed by atoms with Gasteiger partial charge in [-0.05, 0) is 32.0 Å². The summed E-state index contributed by atoms with van der Waals surface area (Å²) in [5.41, 5.74) is 3.90. The SMILES string of the molecule is COc1ccc(C)cc1-c1cc(C(=O)O)c(C)n1C. The third-order valence-corrected chi connectivity index (χ3v) is 3.40. The van der Waals surface area contributed by atoms with Crippen LogP contribution in [0.2, 0.25) is 0 Å². The second kappa shape index (κ2) is 4.80. The fourth-order valence-corrected chi connectivity index (χ4v) is 2.20. The van der Waals surface area contributed by atoms with E-state index < -0.39 is 5.97 Å². The number of aromatic carboxylic acids is 1. The van der Waals surface area contributed by atoms with Crippen LogP contribution in [0, 0.1) is 13.8 Å². The molecule has 0 spiro atoms. The Morgan fingerprint density at radius 3 is 2.47 bits per heavy atom. The van der Waals surface area contributed by atoms with Crippen LogP contribution in [-0.4, -0.2) is 22.8 Å². The minimum Gasteiger partial charge on any atom is -0.496 e. The molecule has 1 aromatic carbocycles. The van der Waals surface area contributed by atoms with Crippen LogP contribution < -0.4 is 4.74 Å². The zero-order valence-electron chi connectivity index (χ0n) is 11.5. The Morgan fingerprint density at radius 2 is 1.95 bits per heavy atom. The molecule has 0 fully saturated rings. The van der Waals surface area contributed by atoms with Gasteiger partial charge in [0.1, 0.15) is 5.75 Å². The Bertz CT molecular complexity index is 641. The zero-order chi connectivity index (χ0) is 14.2. The van der Waals surface area contributed by atoms with E-state index in [9.17, 15) is 9.90 Å². The van der Waals surface area contributed by atoms with E-state index in [1.807, 2.05) is 36.7 Å². The number of carboxylic acids is 1. The molecule has 4 heteroatoms. The minimum absolute atomic E-state index is 0.320. The number of aromatic nitrogens is 1. The number of carbonyl (C=O) groups is 1. The van der Waals surface area contributed by atoms with Crippen molar-refractivity contribution in [1.29, 1.82) is 0 Å². The molecule has 0 aliphatic heterocycles. The Kier molecular flexibility index (Phi) is 3.34. The number of rotatable bonds is 3. The molecule has 0 amide bonds. The van der Waals surface area contributed by atoms with E-state index in [4.69, 9.17) is 4.74 Å². The molecule has 0 bridgehead atoms. The maximum Gasteiger partial charge on any atom is 0.337 e. The smallest absolute Gasteiger partial charge is 0.337 e. The lowest BCUT2D eigenvalue weighted by atomic mass is 10.1. The number of hydrogen-bond acceptors (Lipinski definition) is 2. The Labute approximate surface area is 112 Å². The molecular formula is C15H17NO3. The van der Waals surface area contributed by atoms with Gasteiger partial charge >= 0.3 is 5.97 Å². The van der Waals surface area contributed by atoms with Crippen LogP contribution in [0.5, 0.6) is 5.75 Å². The highest BCUT2D eigenvalue weighted by molar-refractivity contribution is 5.91. The number of ether oxygens (including phenoxy) is 1. The Hall–Kier alpha value is -2.23. The van der Waals surface area contributed by atoms with Gasteiger partial charge in [-0.25, -0.2) is 4.79 Å². The molecule has 0 aliphatic rings. The quantitative estimate of drug-likeness (QED) is 0.921. The van der Waals surface area contributed by atoms with Crippen molar-refractivity contribution in [3.63, 3.8) is 0 Å². The van der Waals surface area contributed by atoms with Gasteiger partial charge in [-0.1, -0.05) is 11.6 Å². The summed E-state index contributed by atoms with van der Waals surface area (Å²) < 4.78 is 7.23. The van der Waals surface area contributed by atoms with Gasteiger partial charge in [0.25, 0.3) is 0 Å². The molecule has 0 radical (unpaired) electrons. The molecule has 1 aromatic heterocycles. The van der Waals surface area contributed by atoms with E-state index in [-0.39, 0.29) is 0 Å². The summed E-state index contributed by atoms with van der Waals surface area (Å²) in [6.07, 6.45) is 0. The Balaban J connectivity index is 2.69. The maximum absolute atomic E-state index is 11.2. The van der Waals surface area contributed by atoms with E-state index in [2.05, 4.69) is 0 Å². The van der Waals surface area contributed by atoms with Gasteiger partial charge in [-0.15, -0.1) is 0 Å². The second-order valence-electron chi connectivity index (χ2n) is 4.60. The topological polar surface area (TPSA) is 51.5 Å². The molecular weight excluding hydrogens is 242 g/mol. The van der Waals surface area contributed by atoms with Gasteiger partial charge in [0, 0.05) is 18.3 Å². The second-order valence-corrected chi connectivity index (χ2v) is 4.60. The predicted molar refractivity (Wildman–Crippen MR) is 73.8 cm³/mol. The van der Waals surface area contributed by atoms with Crippen LogP contribution in [0.25, 0.3) is 11.3 Å². The lowest BCUT2D eigenvalue weighted by Crippen LogP contribution is -2.00. The third kappa shape index (κ3) is 2.21. The first-order valence-electron chi connectivity index (χ1n) is 6.00. The summed E-state index contributed by atoms with van der Waals surface area (Å²) in [5.74, 6) is -0.172. The van der Waals surface area contributed by atoms with Crippen LogP contribution in [0.4, 0.5) is 0 Å². The van der Waals surface area contributed by atoms with Gasteiger partial charge < -0.3 is 14.4 Å². The number of benzene rings is 1. The minimum atomic E-state index is -0.911. The fraction of sp³-hybridized carbons (Fsp3) is 0.267. The van der Waals surface area contributed by atoms with E-state index in [1.54, 1.807) is 20.1 Å². The molecule has 0 saturated carbocycles. The van der Waals surface area contributed by atoms with Crippen molar-refractivity contribution in [2.24, 2.45) is 7.05 Å². The van der Waals surface area contributed by atoms with Crippen molar-refractivity contribution in [2.45, 2.75) is 13.8 Å². The summed E-state index contributed by atoms with van der Waals surface area (Å²) in [6.45, 7) is 3.80. The number of carboxylic acid groups (broad SMARTS) is 1. The van der Waals surface area contributed by atoms with Gasteiger partial charge in [-0.2, -0.15) is 0 Å². The lowest BCUT2D eigenvalue weighted by Gasteiger charge is -2.11. The van der Waals surface area contributed by atoms with Crippen molar-refractivity contribution >= 4 is 5.97 Å². The van der Waals surface area contributed by atoms with E-state index >= 15 is 0 Å². The monoisotopic (exact) mass is 259 g/mol. The van der Waals surface area contributed by atoms with E-state index in [0.29, 0.717) is 5.56 Å². The molecule has 4 nitrogen and oxygen atoms in total. The van der Waals surface area contributed by atoms with Crippen LogP contribution in [0.1, 0.15) is 21.6 Å². The third-order valence-electron chi connectivity index (χ3n) is 3.40. The number of methoxy groups -OCH3 is 1. The summed E-state index contributed by atoms with van der Waals surface area (Å²) in [5, 5.41) is 9.19. The number of nitrogens with zero attached hydrogens (tertiary/aromatic N) is 1. The van der Waals surface area contributed by atoms with Gasteiger partial charge in [0.05, 0.1) is 18.4 Å². The first-order chi connectivity index (χ1) is 8.95. The molecule has 19 heavy (non-hydrogen) atoms. The highest BCUT2D eigenvalue weighted by Crippen LogP contribution is 2.33. The van der Waals surface area contributed by atoms with Crippen molar-refractivity contribution in [2.75, 3.05) is 7.11 Å². The largest absolute Gasteiger partial charge is 0.496 e. The zero-order valence-corrected chi connectivity index (χ0v) is 11.5. The predicted octanol–water partition coefficient (Wildman–Crippen LogP) is 3.02. The van der Waals surface area contributed by atoms with Gasteiger partial charge in [0.15, 0.2) is 0 Å². The van der Waals surface area contributed by atoms with Crippen LogP contribution in [0.3, 0.4) is 0 Å². The summed E-state index contributed by atoms with van der Waals surface area (Å²) in [7, 11) is 3.47. The molecule has 0 atom stereocenters. The molecule has 100 valence electrons. The number of aryl methyl sites for hydroxylation is 1. The summed E-state index contributed by atoms with van der Waals surface area (Å²) in [4.78, 5) is 11.2. The first-order valence-corrected chi connectivity index (χ1v) is 6.00. The standard InChI is InChI=1S/C15H17NO3/c1-9-5-6-14(19-4)12(7-9)13-8-11(15(17)18)10(2)16(13)3/h5-8H,1-4H3,(H,17,18). The number of hydrogen-bond donors (Lipinski definition) is 1. The summed E-state index contributed by atoms with van der Waals surface area (Å²) >= 11 is 0. The highest BCUT2D eigenvalue weighted by Gasteiger charge is 2.18. The van der Waals surface area contributed by atoms with E-state index in [1.165, 1.54) is 0 Å². The molecule has 2 rings (SSSR count). The average Bonchev–Trinajstić information content (AvgIpc) is 2.66.